The number of sulfonamides is 1. The highest BCUT2D eigenvalue weighted by molar-refractivity contribution is 7.92. The van der Waals surface area contributed by atoms with Crippen molar-refractivity contribution in [2.45, 2.75) is 36.6 Å². The van der Waals surface area contributed by atoms with Crippen molar-refractivity contribution in [2.24, 2.45) is 5.92 Å². The average molecular weight is 445 g/mol. The Morgan fingerprint density at radius 1 is 0.968 bits per heavy atom. The Labute approximate surface area is 180 Å². The normalized spacial score (nSPS) is 17.1. The van der Waals surface area contributed by atoms with Gasteiger partial charge in [0.15, 0.2) is 0 Å². The molecule has 0 radical (unpaired) electrons. The van der Waals surface area contributed by atoms with Gasteiger partial charge in [-0.05, 0) is 56.0 Å². The molecular weight excluding hydrogens is 420 g/mol. The van der Waals surface area contributed by atoms with Crippen LogP contribution in [0.25, 0.3) is 0 Å². The maximum absolute atomic E-state index is 12.6. The first-order valence-electron chi connectivity index (χ1n) is 10.2. The molecule has 4 rings (SSSR count). The number of urea groups is 1. The van der Waals surface area contributed by atoms with Gasteiger partial charge in [-0.15, -0.1) is 0 Å². The second-order valence-electron chi connectivity index (χ2n) is 7.68. The van der Waals surface area contributed by atoms with Crippen LogP contribution in [0, 0.1) is 5.92 Å². The number of rotatable bonds is 6. The van der Waals surface area contributed by atoms with E-state index in [0.29, 0.717) is 37.7 Å². The van der Waals surface area contributed by atoms with Crippen LogP contribution in [0.5, 0.6) is 0 Å². The van der Waals surface area contributed by atoms with Crippen LogP contribution < -0.4 is 15.4 Å². The number of hydrogen-bond donors (Lipinski definition) is 3. The van der Waals surface area contributed by atoms with Crippen molar-refractivity contribution >= 4 is 33.6 Å². The van der Waals surface area contributed by atoms with E-state index in [2.05, 4.69) is 25.3 Å². The molecular formula is C20H24N6O4S. The molecule has 0 unspecified atom stereocenters. The summed E-state index contributed by atoms with van der Waals surface area (Å²) in [5, 5.41) is 5.79. The van der Waals surface area contributed by atoms with Crippen LogP contribution >= 0.6 is 0 Å². The predicted octanol–water partition coefficient (Wildman–Crippen LogP) is 1.80. The van der Waals surface area contributed by atoms with Crippen LogP contribution in [0.3, 0.4) is 0 Å². The monoisotopic (exact) mass is 444 g/mol. The zero-order chi connectivity index (χ0) is 21.8. The van der Waals surface area contributed by atoms with Crippen molar-refractivity contribution in [3.8, 4) is 0 Å². The van der Waals surface area contributed by atoms with E-state index in [1.807, 2.05) is 0 Å². The second kappa shape index (κ2) is 8.88. The van der Waals surface area contributed by atoms with Crippen molar-refractivity contribution in [2.75, 3.05) is 23.1 Å². The Hall–Kier alpha value is -3.21. The molecule has 3 N–H and O–H groups in total. The molecule has 164 valence electrons. The highest BCUT2D eigenvalue weighted by Crippen LogP contribution is 2.23. The number of carbonyl (C=O) groups is 2. The third kappa shape index (κ3) is 5.48. The summed E-state index contributed by atoms with van der Waals surface area (Å²) in [6.45, 7) is 1.09. The summed E-state index contributed by atoms with van der Waals surface area (Å²) in [5.74, 6) is -0.337. The molecule has 2 aromatic rings. The van der Waals surface area contributed by atoms with E-state index in [0.717, 1.165) is 12.8 Å². The third-order valence-corrected chi connectivity index (χ3v) is 6.63. The summed E-state index contributed by atoms with van der Waals surface area (Å²) in [6, 6.07) is 7.75. The first-order chi connectivity index (χ1) is 14.9. The Balaban J connectivity index is 1.29. The van der Waals surface area contributed by atoms with E-state index in [1.54, 1.807) is 11.0 Å². The molecule has 0 spiro atoms. The van der Waals surface area contributed by atoms with Crippen LogP contribution in [0.15, 0.2) is 47.6 Å². The highest BCUT2D eigenvalue weighted by atomic mass is 32.2. The molecule has 1 aliphatic heterocycles. The number of nitrogens with zero attached hydrogens (tertiary/aromatic N) is 3. The summed E-state index contributed by atoms with van der Waals surface area (Å²) in [6.07, 6.45) is 6.15. The minimum Gasteiger partial charge on any atom is -0.335 e. The van der Waals surface area contributed by atoms with Crippen molar-refractivity contribution < 1.29 is 18.0 Å². The lowest BCUT2D eigenvalue weighted by atomic mass is 9.96. The van der Waals surface area contributed by atoms with Crippen LogP contribution in [-0.4, -0.2) is 54.4 Å². The van der Waals surface area contributed by atoms with Crippen molar-refractivity contribution in [1.82, 2.24) is 20.2 Å². The summed E-state index contributed by atoms with van der Waals surface area (Å²) in [4.78, 5) is 34.2. The number of benzene rings is 1. The molecule has 2 aliphatic rings. The average Bonchev–Trinajstić information content (AvgIpc) is 3.58. The molecule has 11 heteroatoms. The fraction of sp³-hybridized carbons (Fsp3) is 0.400. The minimum atomic E-state index is -3.83. The molecule has 1 saturated carbocycles. The van der Waals surface area contributed by atoms with Gasteiger partial charge in [0.2, 0.25) is 11.9 Å². The summed E-state index contributed by atoms with van der Waals surface area (Å²) in [5.41, 5.74) is 0.508. The van der Waals surface area contributed by atoms with Crippen molar-refractivity contribution in [3.63, 3.8) is 0 Å². The second-order valence-corrected chi connectivity index (χ2v) is 9.36. The first-order valence-corrected chi connectivity index (χ1v) is 11.7. The van der Waals surface area contributed by atoms with Gasteiger partial charge in [0.1, 0.15) is 0 Å². The largest absolute Gasteiger partial charge is 0.335 e. The number of likely N-dealkylation sites (tertiary alicyclic amines) is 1. The number of anilines is 2. The molecule has 1 aliphatic carbocycles. The smallest absolute Gasteiger partial charge is 0.317 e. The maximum atomic E-state index is 12.6. The Morgan fingerprint density at radius 2 is 1.61 bits per heavy atom. The van der Waals surface area contributed by atoms with Gasteiger partial charge in [-0.3, -0.25) is 4.79 Å². The van der Waals surface area contributed by atoms with Gasteiger partial charge in [-0.25, -0.2) is 27.9 Å². The predicted molar refractivity (Wildman–Crippen MR) is 114 cm³/mol. The molecule has 0 atom stereocenters. The van der Waals surface area contributed by atoms with E-state index >= 15 is 0 Å². The number of carbonyl (C=O) groups excluding carboxylic acids is 2. The molecule has 2 fully saturated rings. The van der Waals surface area contributed by atoms with Gasteiger partial charge >= 0.3 is 6.03 Å². The lowest BCUT2D eigenvalue weighted by Crippen LogP contribution is -2.46. The first kappa shape index (κ1) is 21.0. The third-order valence-electron chi connectivity index (χ3n) is 5.28. The number of amides is 3. The van der Waals surface area contributed by atoms with Crippen LogP contribution in [0.2, 0.25) is 0 Å². The zero-order valence-electron chi connectivity index (χ0n) is 16.8. The fourth-order valence-corrected chi connectivity index (χ4v) is 4.29. The zero-order valence-corrected chi connectivity index (χ0v) is 17.6. The molecule has 10 nitrogen and oxygen atoms in total. The number of piperidine rings is 1. The lowest BCUT2D eigenvalue weighted by molar-refractivity contribution is -0.121. The molecule has 31 heavy (non-hydrogen) atoms. The van der Waals surface area contributed by atoms with Gasteiger partial charge in [0, 0.05) is 43.1 Å². The molecule has 1 saturated heterocycles. The Bertz CT molecular complexity index is 1030. The summed E-state index contributed by atoms with van der Waals surface area (Å²) in [7, 11) is -3.83. The van der Waals surface area contributed by atoms with Crippen LogP contribution in [0.1, 0.15) is 25.7 Å². The van der Waals surface area contributed by atoms with Crippen LogP contribution in [0.4, 0.5) is 16.4 Å². The highest BCUT2D eigenvalue weighted by Gasteiger charge is 2.30. The number of aromatic nitrogens is 2. The quantitative estimate of drug-likeness (QED) is 0.622. The Kier molecular flexibility index (Phi) is 6.03. The summed E-state index contributed by atoms with van der Waals surface area (Å²) < 4.78 is 27.1. The topological polar surface area (TPSA) is 133 Å². The van der Waals surface area contributed by atoms with E-state index < -0.39 is 10.0 Å². The molecule has 3 amide bonds. The van der Waals surface area contributed by atoms with Gasteiger partial charge in [-0.1, -0.05) is 0 Å². The molecule has 1 aromatic heterocycles. The lowest BCUT2D eigenvalue weighted by Gasteiger charge is -2.31. The van der Waals surface area contributed by atoms with Gasteiger partial charge in [0.05, 0.1) is 4.90 Å². The number of nitrogens with one attached hydrogen (secondary N) is 3. The molecule has 2 heterocycles. The number of hydrogen-bond acceptors (Lipinski definition) is 6. The van der Waals surface area contributed by atoms with Crippen LogP contribution in [-0.2, 0) is 14.8 Å². The maximum Gasteiger partial charge on any atom is 0.317 e. The fourth-order valence-electron chi connectivity index (χ4n) is 3.33. The van der Waals surface area contributed by atoms with E-state index in [-0.39, 0.29) is 28.7 Å². The summed E-state index contributed by atoms with van der Waals surface area (Å²) >= 11 is 0. The van der Waals surface area contributed by atoms with E-state index in [1.165, 1.54) is 36.7 Å². The standard InChI is InChI=1S/C20H24N6O4S/c27-18(14-8-12-26(13-9-14)20(28)24-16-2-3-16)23-15-4-6-17(7-5-15)31(29,30)25-19-21-10-1-11-22-19/h1,4-7,10-11,14,16H,2-3,8-9,12-13H2,(H,23,27)(H,24,28)(H,21,22,25). The minimum absolute atomic E-state index is 0.0166. The van der Waals surface area contributed by atoms with Crippen molar-refractivity contribution in [1.29, 1.82) is 0 Å². The molecule has 0 bridgehead atoms. The Morgan fingerprint density at radius 3 is 2.23 bits per heavy atom. The molecule has 1 aromatic carbocycles. The van der Waals surface area contributed by atoms with E-state index in [9.17, 15) is 18.0 Å². The van der Waals surface area contributed by atoms with Gasteiger partial charge < -0.3 is 15.5 Å². The SMILES string of the molecule is O=C(Nc1ccc(S(=O)(=O)Nc2ncccn2)cc1)C1CCN(C(=O)NC2CC2)CC1. The van der Waals surface area contributed by atoms with Gasteiger partial charge in [0.25, 0.3) is 10.0 Å². The van der Waals surface area contributed by atoms with Crippen molar-refractivity contribution in [3.05, 3.63) is 42.7 Å². The van der Waals surface area contributed by atoms with Gasteiger partial charge in [-0.2, -0.15) is 0 Å². The van der Waals surface area contributed by atoms with E-state index in [4.69, 9.17) is 0 Å².